The number of ether oxygens (including phenoxy) is 3. The first-order chi connectivity index (χ1) is 27.5. The number of esters is 2. The third-order valence-corrected chi connectivity index (χ3v) is 10.1. The number of epoxide rings is 1. The topological polar surface area (TPSA) is 121 Å². The third-order valence-electron chi connectivity index (χ3n) is 9.11. The second kappa shape index (κ2) is 34.3. The molecule has 4 atom stereocenters. The van der Waals surface area contributed by atoms with Crippen LogP contribution in [0.1, 0.15) is 142 Å². The Morgan fingerprint density at radius 3 is 1.67 bits per heavy atom. The number of quaternary nitrogens is 1. The average Bonchev–Trinajstić information content (AvgIpc) is 3.92. The Labute approximate surface area is 346 Å². The molecule has 3 unspecified atom stereocenters. The maximum Gasteiger partial charge on any atom is 0.472 e. The van der Waals surface area contributed by atoms with E-state index in [4.69, 9.17) is 23.3 Å². The monoisotopic (exact) mass is 821 g/mol. The van der Waals surface area contributed by atoms with E-state index in [2.05, 4.69) is 86.8 Å². The van der Waals surface area contributed by atoms with Crippen molar-refractivity contribution in [2.75, 3.05) is 47.5 Å². The van der Waals surface area contributed by atoms with E-state index in [1.807, 2.05) is 21.1 Å². The summed E-state index contributed by atoms with van der Waals surface area (Å²) in [4.78, 5) is 35.3. The highest BCUT2D eigenvalue weighted by molar-refractivity contribution is 7.47. The molecule has 11 heteroatoms. The Bertz CT molecular complexity index is 1270. The summed E-state index contributed by atoms with van der Waals surface area (Å²) in [6, 6.07) is 0. The number of phosphoric acid groups is 1. The second-order valence-corrected chi connectivity index (χ2v) is 17.2. The fourth-order valence-electron chi connectivity index (χ4n) is 5.52. The molecule has 1 aliphatic heterocycles. The van der Waals surface area contributed by atoms with Gasteiger partial charge in [0.25, 0.3) is 0 Å². The molecule has 0 saturated carbocycles. The van der Waals surface area contributed by atoms with Crippen LogP contribution in [-0.2, 0) is 37.4 Å². The Hall–Kier alpha value is -2.59. The van der Waals surface area contributed by atoms with Gasteiger partial charge in [-0.2, -0.15) is 0 Å². The Kier molecular flexibility index (Phi) is 31.5. The number of likely N-dealkylation sites (N-methyl/N-ethyl adjacent to an activating group) is 1. The standard InChI is InChI=1S/C46H78NO9P/c1-6-8-10-12-14-15-16-17-18-19-20-21-24-29-33-37-46(49)55-42(41-54-57(50,51)53-39-38-47(3,4)5)40-52-45(48)36-32-28-25-22-23-27-31-35-44-43(56-44)34-30-26-13-11-9-7-2/h14-15,17-18,20-22,25-27,30-31,42-44H,6-13,16,19,23-24,28-29,32-41H2,1-5H3/p+1/b15-14-,18-17-,21-20-,25-22-,30-26-,31-27-/t42-,43?,44?/m1/s1. The molecule has 326 valence electrons. The lowest BCUT2D eigenvalue weighted by molar-refractivity contribution is -0.870. The molecular formula is C46H79NO9P+. The molecule has 1 aliphatic rings. The van der Waals surface area contributed by atoms with Crippen molar-refractivity contribution in [2.24, 2.45) is 0 Å². The minimum absolute atomic E-state index is 0.00985. The normalized spacial score (nSPS) is 17.9. The molecule has 0 aromatic rings. The van der Waals surface area contributed by atoms with Gasteiger partial charge in [-0.3, -0.25) is 18.6 Å². The maximum absolute atomic E-state index is 12.7. The minimum Gasteiger partial charge on any atom is -0.462 e. The van der Waals surface area contributed by atoms with Crippen molar-refractivity contribution in [3.8, 4) is 0 Å². The first-order valence-corrected chi connectivity index (χ1v) is 23.3. The predicted molar refractivity (Wildman–Crippen MR) is 233 cm³/mol. The Balaban J connectivity index is 2.37. The van der Waals surface area contributed by atoms with Crippen molar-refractivity contribution in [1.29, 1.82) is 0 Å². The molecule has 1 saturated heterocycles. The summed E-state index contributed by atoms with van der Waals surface area (Å²) in [5.74, 6) is -0.923. The molecule has 1 fully saturated rings. The number of hydrogen-bond acceptors (Lipinski definition) is 8. The maximum atomic E-state index is 12.7. The average molecular weight is 821 g/mol. The number of rotatable bonds is 37. The van der Waals surface area contributed by atoms with E-state index in [9.17, 15) is 19.0 Å². The van der Waals surface area contributed by atoms with E-state index in [-0.39, 0.29) is 26.1 Å². The zero-order valence-electron chi connectivity index (χ0n) is 36.2. The van der Waals surface area contributed by atoms with E-state index in [0.29, 0.717) is 36.1 Å². The van der Waals surface area contributed by atoms with Crippen molar-refractivity contribution >= 4 is 19.8 Å². The lowest BCUT2D eigenvalue weighted by Gasteiger charge is -2.24. The van der Waals surface area contributed by atoms with Crippen molar-refractivity contribution < 1.29 is 46.8 Å². The molecule has 0 aliphatic carbocycles. The number of carbonyl (C=O) groups is 2. The molecule has 0 aromatic carbocycles. The van der Waals surface area contributed by atoms with Gasteiger partial charge in [0.15, 0.2) is 6.10 Å². The van der Waals surface area contributed by atoms with Gasteiger partial charge in [0, 0.05) is 12.8 Å². The number of nitrogens with zero attached hydrogens (tertiary/aromatic N) is 1. The van der Waals surface area contributed by atoms with E-state index >= 15 is 0 Å². The van der Waals surface area contributed by atoms with Gasteiger partial charge in [-0.15, -0.1) is 0 Å². The van der Waals surface area contributed by atoms with Crippen molar-refractivity contribution in [2.45, 2.75) is 161 Å². The number of allylic oxidation sites excluding steroid dienone is 10. The molecule has 57 heavy (non-hydrogen) atoms. The highest BCUT2D eigenvalue weighted by Crippen LogP contribution is 2.43. The fraction of sp³-hybridized carbons (Fsp3) is 0.696. The van der Waals surface area contributed by atoms with Gasteiger partial charge in [0.1, 0.15) is 19.8 Å². The van der Waals surface area contributed by atoms with Gasteiger partial charge in [-0.25, -0.2) is 4.57 Å². The van der Waals surface area contributed by atoms with Crippen LogP contribution in [0.2, 0.25) is 0 Å². The zero-order chi connectivity index (χ0) is 41.9. The highest BCUT2D eigenvalue weighted by atomic mass is 31.2. The summed E-state index contributed by atoms with van der Waals surface area (Å²) in [5, 5.41) is 0. The molecule has 1 rings (SSSR count). The van der Waals surface area contributed by atoms with Crippen molar-refractivity contribution in [1.82, 2.24) is 0 Å². The van der Waals surface area contributed by atoms with Gasteiger partial charge in [-0.05, 0) is 89.9 Å². The quantitative estimate of drug-likeness (QED) is 0.0163. The molecular weight excluding hydrogens is 741 g/mol. The molecule has 1 N–H and O–H groups in total. The number of unbranched alkanes of at least 4 members (excludes halogenated alkanes) is 9. The van der Waals surface area contributed by atoms with E-state index in [1.54, 1.807) is 0 Å². The van der Waals surface area contributed by atoms with Crippen LogP contribution in [-0.4, -0.2) is 87.1 Å². The van der Waals surface area contributed by atoms with Crippen LogP contribution in [0.25, 0.3) is 0 Å². The van der Waals surface area contributed by atoms with Crippen molar-refractivity contribution in [3.05, 3.63) is 72.9 Å². The van der Waals surface area contributed by atoms with Gasteiger partial charge in [0.2, 0.25) is 0 Å². The number of phosphoric ester groups is 1. The molecule has 10 nitrogen and oxygen atoms in total. The smallest absolute Gasteiger partial charge is 0.462 e. The SMILES string of the molecule is CCCCC/C=C\C/C=C\C/C=C\CCCCC(=O)O[C@H](COC(=O)CCC/C=C\C/C=C\CC1OC1C/C=C\CCCCC)COP(=O)(O)OCC[N+](C)(C)C. The van der Waals surface area contributed by atoms with Crippen LogP contribution in [0.3, 0.4) is 0 Å². The molecule has 0 amide bonds. The molecule has 0 spiro atoms. The van der Waals surface area contributed by atoms with Crippen LogP contribution in [0.4, 0.5) is 0 Å². The lowest BCUT2D eigenvalue weighted by Crippen LogP contribution is -2.37. The van der Waals surface area contributed by atoms with Crippen LogP contribution < -0.4 is 0 Å². The van der Waals surface area contributed by atoms with Gasteiger partial charge in [-0.1, -0.05) is 112 Å². The first-order valence-electron chi connectivity index (χ1n) is 21.8. The number of hydrogen-bond donors (Lipinski definition) is 1. The largest absolute Gasteiger partial charge is 0.472 e. The van der Waals surface area contributed by atoms with E-state index < -0.39 is 32.5 Å². The molecule has 0 aromatic heterocycles. The van der Waals surface area contributed by atoms with Crippen molar-refractivity contribution in [3.63, 3.8) is 0 Å². The Morgan fingerprint density at radius 2 is 1.11 bits per heavy atom. The van der Waals surface area contributed by atoms with Crippen LogP contribution >= 0.6 is 7.82 Å². The first kappa shape index (κ1) is 52.4. The van der Waals surface area contributed by atoms with Crippen LogP contribution in [0, 0.1) is 0 Å². The number of carbonyl (C=O) groups excluding carboxylic acids is 2. The molecule has 0 radical (unpaired) electrons. The van der Waals surface area contributed by atoms with Crippen LogP contribution in [0.5, 0.6) is 0 Å². The summed E-state index contributed by atoms with van der Waals surface area (Å²) < 4.78 is 39.9. The minimum atomic E-state index is -4.40. The second-order valence-electron chi connectivity index (χ2n) is 15.8. The van der Waals surface area contributed by atoms with Gasteiger partial charge >= 0.3 is 19.8 Å². The van der Waals surface area contributed by atoms with E-state index in [1.165, 1.54) is 38.5 Å². The van der Waals surface area contributed by atoms with Gasteiger partial charge < -0.3 is 23.6 Å². The van der Waals surface area contributed by atoms with E-state index in [0.717, 1.165) is 64.2 Å². The zero-order valence-corrected chi connectivity index (χ0v) is 37.1. The predicted octanol–water partition coefficient (Wildman–Crippen LogP) is 11.2. The molecule has 1 heterocycles. The molecule has 0 bridgehead atoms. The third kappa shape index (κ3) is 35.1. The lowest BCUT2D eigenvalue weighted by atomic mass is 10.1. The fourth-order valence-corrected chi connectivity index (χ4v) is 6.26. The highest BCUT2D eigenvalue weighted by Gasteiger charge is 2.36. The van der Waals surface area contributed by atoms with Crippen LogP contribution in [0.15, 0.2) is 72.9 Å². The summed E-state index contributed by atoms with van der Waals surface area (Å²) in [5.41, 5.74) is 0. The summed E-state index contributed by atoms with van der Waals surface area (Å²) >= 11 is 0. The summed E-state index contributed by atoms with van der Waals surface area (Å²) in [6.45, 7) is 4.22. The van der Waals surface area contributed by atoms with Gasteiger partial charge in [0.05, 0.1) is 40.0 Å². The summed E-state index contributed by atoms with van der Waals surface area (Å²) in [6.07, 6.45) is 44.2. The summed E-state index contributed by atoms with van der Waals surface area (Å²) in [7, 11) is 1.40. The Morgan fingerprint density at radius 1 is 0.632 bits per heavy atom.